The smallest absolute Gasteiger partial charge is 0.342 e. The fraction of sp³-hybridized carbons (Fsp3) is 0.125. The van der Waals surface area contributed by atoms with Gasteiger partial charge in [-0.05, 0) is 18.6 Å². The fourth-order valence-electron chi connectivity index (χ4n) is 0.938. The van der Waals surface area contributed by atoms with Crippen LogP contribution in [0.2, 0.25) is 5.02 Å². The average Bonchev–Trinajstić information content (AvgIpc) is 2.01. The Kier molecular flexibility index (Phi) is 2.43. The Morgan fingerprint density at radius 2 is 2.15 bits per heavy atom. The molecule has 0 saturated heterocycles. The van der Waals surface area contributed by atoms with Crippen molar-refractivity contribution in [1.82, 2.24) is 0 Å². The van der Waals surface area contributed by atoms with E-state index in [0.717, 1.165) is 0 Å². The summed E-state index contributed by atoms with van der Waals surface area (Å²) in [6.07, 6.45) is 0. The first-order valence-electron chi connectivity index (χ1n) is 3.36. The van der Waals surface area contributed by atoms with Crippen molar-refractivity contribution in [3.8, 4) is 5.75 Å². The third-order valence-electron chi connectivity index (χ3n) is 1.59. The first-order chi connectivity index (χ1) is 5.95. The molecule has 0 radical (unpaired) electrons. The van der Waals surface area contributed by atoms with E-state index < -0.39 is 23.1 Å². The molecule has 0 fully saturated rings. The van der Waals surface area contributed by atoms with Gasteiger partial charge in [0, 0.05) is 0 Å². The summed E-state index contributed by atoms with van der Waals surface area (Å²) in [4.78, 5) is 10.5. The van der Waals surface area contributed by atoms with Crippen LogP contribution >= 0.6 is 11.6 Å². The molecule has 0 spiro atoms. The van der Waals surface area contributed by atoms with Crippen molar-refractivity contribution in [2.24, 2.45) is 0 Å². The molecule has 0 aliphatic carbocycles. The predicted octanol–water partition coefficient (Wildman–Crippen LogP) is 2.19. The highest BCUT2D eigenvalue weighted by Crippen LogP contribution is 2.31. The normalized spacial score (nSPS) is 10.1. The molecule has 3 nitrogen and oxygen atoms in total. The maximum Gasteiger partial charge on any atom is 0.342 e. The minimum absolute atomic E-state index is 0.0835. The quantitative estimate of drug-likeness (QED) is 0.737. The molecule has 0 aliphatic heterocycles. The Morgan fingerprint density at radius 1 is 1.62 bits per heavy atom. The molecule has 0 aromatic heterocycles. The molecule has 0 bridgehead atoms. The number of aryl methyl sites for hydroxylation is 1. The highest BCUT2D eigenvalue weighted by Gasteiger charge is 2.20. The van der Waals surface area contributed by atoms with E-state index in [1.807, 2.05) is 0 Å². The van der Waals surface area contributed by atoms with Gasteiger partial charge < -0.3 is 10.2 Å². The number of benzene rings is 1. The standard InChI is InChI=1S/C8H6ClFO3/c1-3-2-4(9)7(11)5(6(3)10)8(12)13/h2,11H,1H3,(H,12,13). The molecule has 0 amide bonds. The van der Waals surface area contributed by atoms with Gasteiger partial charge >= 0.3 is 5.97 Å². The number of phenols is 1. The second kappa shape index (κ2) is 3.22. The summed E-state index contributed by atoms with van der Waals surface area (Å²) < 4.78 is 13.1. The Bertz CT molecular complexity index is 350. The molecule has 1 aromatic rings. The zero-order valence-corrected chi connectivity index (χ0v) is 7.39. The van der Waals surface area contributed by atoms with Crippen molar-refractivity contribution in [3.05, 3.63) is 28.0 Å². The molecule has 0 heterocycles. The molecule has 70 valence electrons. The zero-order chi connectivity index (χ0) is 10.2. The minimum Gasteiger partial charge on any atom is -0.505 e. The van der Waals surface area contributed by atoms with Crippen LogP contribution in [0.15, 0.2) is 6.07 Å². The van der Waals surface area contributed by atoms with Gasteiger partial charge in [0.2, 0.25) is 0 Å². The summed E-state index contributed by atoms with van der Waals surface area (Å²) in [6.45, 7) is 1.37. The lowest BCUT2D eigenvalue weighted by atomic mass is 10.1. The van der Waals surface area contributed by atoms with E-state index in [1.54, 1.807) is 0 Å². The SMILES string of the molecule is Cc1cc(Cl)c(O)c(C(=O)O)c1F. The maximum atomic E-state index is 13.1. The van der Waals surface area contributed by atoms with E-state index in [4.69, 9.17) is 21.8 Å². The number of aromatic hydroxyl groups is 1. The number of hydrogen-bond acceptors (Lipinski definition) is 2. The summed E-state index contributed by atoms with van der Waals surface area (Å²) in [7, 11) is 0. The number of hydrogen-bond donors (Lipinski definition) is 2. The van der Waals surface area contributed by atoms with Crippen LogP contribution in [0, 0.1) is 12.7 Å². The topological polar surface area (TPSA) is 57.5 Å². The van der Waals surface area contributed by atoms with Gasteiger partial charge in [0.15, 0.2) is 5.75 Å². The number of carboxylic acids is 1. The fourth-order valence-corrected chi connectivity index (χ4v) is 1.20. The molecule has 0 saturated carbocycles. The molecule has 0 atom stereocenters. The average molecular weight is 205 g/mol. The van der Waals surface area contributed by atoms with Crippen molar-refractivity contribution < 1.29 is 19.4 Å². The van der Waals surface area contributed by atoms with Gasteiger partial charge in [0.1, 0.15) is 11.4 Å². The van der Waals surface area contributed by atoms with E-state index in [1.165, 1.54) is 13.0 Å². The Hall–Kier alpha value is -1.29. The number of rotatable bonds is 1. The lowest BCUT2D eigenvalue weighted by Gasteiger charge is -2.05. The van der Waals surface area contributed by atoms with Crippen LogP contribution in [-0.4, -0.2) is 16.2 Å². The summed E-state index contributed by atoms with van der Waals surface area (Å²) in [5.41, 5.74) is -0.704. The molecular formula is C8H6ClFO3. The summed E-state index contributed by atoms with van der Waals surface area (Å²) in [5.74, 6) is -3.24. The van der Waals surface area contributed by atoms with Crippen molar-refractivity contribution in [2.75, 3.05) is 0 Å². The molecule has 2 N–H and O–H groups in total. The molecule has 1 rings (SSSR count). The molecule has 5 heteroatoms. The third kappa shape index (κ3) is 1.58. The highest BCUT2D eigenvalue weighted by molar-refractivity contribution is 6.32. The van der Waals surface area contributed by atoms with E-state index in [0.29, 0.717) is 0 Å². The van der Waals surface area contributed by atoms with Gasteiger partial charge in [0.05, 0.1) is 5.02 Å². The van der Waals surface area contributed by atoms with Gasteiger partial charge in [-0.1, -0.05) is 11.6 Å². The van der Waals surface area contributed by atoms with E-state index in [2.05, 4.69) is 0 Å². The first kappa shape index (κ1) is 9.80. The van der Waals surface area contributed by atoms with E-state index in [9.17, 15) is 9.18 Å². The lowest BCUT2D eigenvalue weighted by molar-refractivity contribution is 0.0688. The second-order valence-electron chi connectivity index (χ2n) is 2.52. The minimum atomic E-state index is -1.54. The van der Waals surface area contributed by atoms with Gasteiger partial charge in [-0.25, -0.2) is 9.18 Å². The third-order valence-corrected chi connectivity index (χ3v) is 1.87. The number of aromatic carboxylic acids is 1. The first-order valence-corrected chi connectivity index (χ1v) is 3.73. The van der Waals surface area contributed by atoms with Crippen molar-refractivity contribution in [2.45, 2.75) is 6.92 Å². The van der Waals surface area contributed by atoms with Crippen LogP contribution in [-0.2, 0) is 0 Å². The zero-order valence-electron chi connectivity index (χ0n) is 6.64. The molecule has 13 heavy (non-hydrogen) atoms. The number of carbonyl (C=O) groups is 1. The summed E-state index contributed by atoms with van der Waals surface area (Å²) in [6, 6.07) is 1.17. The Labute approximate surface area is 78.4 Å². The van der Waals surface area contributed by atoms with Crippen molar-refractivity contribution >= 4 is 17.6 Å². The van der Waals surface area contributed by atoms with Crippen LogP contribution in [0.4, 0.5) is 4.39 Å². The van der Waals surface area contributed by atoms with E-state index in [-0.39, 0.29) is 10.6 Å². The summed E-state index contributed by atoms with van der Waals surface area (Å²) >= 11 is 5.46. The molecule has 0 aliphatic rings. The van der Waals surface area contributed by atoms with Crippen molar-refractivity contribution in [3.63, 3.8) is 0 Å². The Morgan fingerprint density at radius 3 is 2.62 bits per heavy atom. The molecule has 1 aromatic carbocycles. The van der Waals surface area contributed by atoms with Crippen LogP contribution in [0.5, 0.6) is 5.75 Å². The molecule has 0 unspecified atom stereocenters. The number of halogens is 2. The van der Waals surface area contributed by atoms with Crippen LogP contribution in [0.3, 0.4) is 0 Å². The van der Waals surface area contributed by atoms with Gasteiger partial charge in [-0.15, -0.1) is 0 Å². The largest absolute Gasteiger partial charge is 0.505 e. The van der Waals surface area contributed by atoms with Crippen LogP contribution in [0.25, 0.3) is 0 Å². The van der Waals surface area contributed by atoms with Crippen LogP contribution in [0.1, 0.15) is 15.9 Å². The Balaban J connectivity index is 3.56. The second-order valence-corrected chi connectivity index (χ2v) is 2.93. The van der Waals surface area contributed by atoms with Gasteiger partial charge in [0.25, 0.3) is 0 Å². The predicted molar refractivity (Wildman–Crippen MR) is 44.8 cm³/mol. The monoisotopic (exact) mass is 204 g/mol. The van der Waals surface area contributed by atoms with E-state index >= 15 is 0 Å². The van der Waals surface area contributed by atoms with Gasteiger partial charge in [-0.3, -0.25) is 0 Å². The lowest BCUT2D eigenvalue weighted by Crippen LogP contribution is -2.03. The summed E-state index contributed by atoms with van der Waals surface area (Å²) in [5, 5.41) is 17.5. The highest BCUT2D eigenvalue weighted by atomic mass is 35.5. The number of carboxylic acid groups (broad SMARTS) is 1. The van der Waals surface area contributed by atoms with Gasteiger partial charge in [-0.2, -0.15) is 0 Å². The maximum absolute atomic E-state index is 13.1. The van der Waals surface area contributed by atoms with Crippen LogP contribution < -0.4 is 0 Å². The van der Waals surface area contributed by atoms with Crippen molar-refractivity contribution in [1.29, 1.82) is 0 Å². The molecular weight excluding hydrogens is 199 g/mol.